The SMILES string of the molecule is NC(=S)c1nccnc1Nc1ccc(Cl)cc1Br. The molecule has 0 amide bonds. The molecule has 0 atom stereocenters. The van der Waals surface area contributed by atoms with Gasteiger partial charge in [-0.15, -0.1) is 0 Å². The van der Waals surface area contributed by atoms with Crippen molar-refractivity contribution < 1.29 is 0 Å². The molecule has 2 aromatic rings. The molecule has 1 aromatic heterocycles. The number of anilines is 2. The van der Waals surface area contributed by atoms with Gasteiger partial charge in [0, 0.05) is 21.9 Å². The molecule has 1 heterocycles. The highest BCUT2D eigenvalue weighted by molar-refractivity contribution is 9.10. The lowest BCUT2D eigenvalue weighted by atomic mass is 10.3. The van der Waals surface area contributed by atoms with Gasteiger partial charge in [-0.2, -0.15) is 0 Å². The zero-order valence-corrected chi connectivity index (χ0v) is 12.2. The second-order valence-corrected chi connectivity index (χ2v) is 5.10. The highest BCUT2D eigenvalue weighted by Gasteiger charge is 2.09. The molecule has 3 N–H and O–H groups in total. The van der Waals surface area contributed by atoms with Gasteiger partial charge in [-0.25, -0.2) is 9.97 Å². The summed E-state index contributed by atoms with van der Waals surface area (Å²) in [4.78, 5) is 8.44. The van der Waals surface area contributed by atoms with E-state index in [1.54, 1.807) is 18.3 Å². The van der Waals surface area contributed by atoms with Crippen molar-refractivity contribution in [2.75, 3.05) is 5.32 Å². The lowest BCUT2D eigenvalue weighted by Crippen LogP contribution is -2.15. The van der Waals surface area contributed by atoms with E-state index in [9.17, 15) is 0 Å². The number of thiocarbonyl (C=S) groups is 1. The third kappa shape index (κ3) is 2.95. The van der Waals surface area contributed by atoms with Gasteiger partial charge >= 0.3 is 0 Å². The quantitative estimate of drug-likeness (QED) is 0.837. The Hall–Kier alpha value is -1.24. The first-order chi connectivity index (χ1) is 8.58. The molecule has 0 aliphatic rings. The zero-order chi connectivity index (χ0) is 13.1. The van der Waals surface area contributed by atoms with Crippen molar-refractivity contribution in [1.82, 2.24) is 9.97 Å². The largest absolute Gasteiger partial charge is 0.388 e. The Balaban J connectivity index is 2.37. The molecular formula is C11H8BrClN4S. The second kappa shape index (κ2) is 5.60. The lowest BCUT2D eigenvalue weighted by molar-refractivity contribution is 1.18. The van der Waals surface area contributed by atoms with Crippen molar-refractivity contribution >= 4 is 56.2 Å². The monoisotopic (exact) mass is 342 g/mol. The maximum atomic E-state index is 5.88. The highest BCUT2D eigenvalue weighted by Crippen LogP contribution is 2.28. The van der Waals surface area contributed by atoms with E-state index in [-0.39, 0.29) is 4.99 Å². The van der Waals surface area contributed by atoms with Crippen LogP contribution in [0, 0.1) is 0 Å². The molecule has 1 aromatic carbocycles. The van der Waals surface area contributed by atoms with E-state index in [4.69, 9.17) is 29.6 Å². The zero-order valence-electron chi connectivity index (χ0n) is 9.02. The third-order valence-electron chi connectivity index (χ3n) is 2.12. The van der Waals surface area contributed by atoms with Crippen LogP contribution in [-0.2, 0) is 0 Å². The Kier molecular flexibility index (Phi) is 4.11. The highest BCUT2D eigenvalue weighted by atomic mass is 79.9. The van der Waals surface area contributed by atoms with E-state index < -0.39 is 0 Å². The Morgan fingerprint density at radius 2 is 2.06 bits per heavy atom. The van der Waals surface area contributed by atoms with E-state index in [2.05, 4.69) is 31.2 Å². The maximum absolute atomic E-state index is 5.88. The van der Waals surface area contributed by atoms with Crippen LogP contribution in [0.4, 0.5) is 11.5 Å². The summed E-state index contributed by atoms with van der Waals surface area (Å²) in [5.74, 6) is 0.507. The third-order valence-corrected chi connectivity index (χ3v) is 3.20. The predicted octanol–water partition coefficient (Wildman–Crippen LogP) is 3.27. The first-order valence-corrected chi connectivity index (χ1v) is 6.48. The number of hydrogen-bond acceptors (Lipinski definition) is 4. The molecule has 0 aliphatic heterocycles. The van der Waals surface area contributed by atoms with Crippen molar-refractivity contribution in [3.8, 4) is 0 Å². The van der Waals surface area contributed by atoms with Crippen molar-refractivity contribution in [2.45, 2.75) is 0 Å². The number of nitrogens with two attached hydrogens (primary N) is 1. The standard InChI is InChI=1S/C11H8BrClN4S/c12-7-5-6(13)1-2-8(7)17-11-9(10(14)18)15-3-4-16-11/h1-5H,(H2,14,18)(H,16,17). The Morgan fingerprint density at radius 3 is 2.72 bits per heavy atom. The fourth-order valence-corrected chi connectivity index (χ4v) is 2.26. The van der Waals surface area contributed by atoms with E-state index >= 15 is 0 Å². The summed E-state index contributed by atoms with van der Waals surface area (Å²) in [6, 6.07) is 5.37. The summed E-state index contributed by atoms with van der Waals surface area (Å²) in [7, 11) is 0. The molecule has 18 heavy (non-hydrogen) atoms. The van der Waals surface area contributed by atoms with E-state index in [1.807, 2.05) is 6.07 Å². The minimum atomic E-state index is 0.190. The van der Waals surface area contributed by atoms with Crippen LogP contribution in [0.1, 0.15) is 5.69 Å². The molecule has 2 rings (SSSR count). The van der Waals surface area contributed by atoms with Crippen LogP contribution in [-0.4, -0.2) is 15.0 Å². The topological polar surface area (TPSA) is 63.8 Å². The average molecular weight is 344 g/mol. The van der Waals surface area contributed by atoms with Gasteiger partial charge in [0.1, 0.15) is 10.7 Å². The molecule has 0 saturated heterocycles. The molecule has 0 unspecified atom stereocenters. The summed E-state index contributed by atoms with van der Waals surface area (Å²) in [6.45, 7) is 0. The number of nitrogens with zero attached hydrogens (tertiary/aromatic N) is 2. The lowest BCUT2D eigenvalue weighted by Gasteiger charge is -2.10. The molecule has 7 heteroatoms. The van der Waals surface area contributed by atoms with Crippen molar-refractivity contribution in [3.05, 3.63) is 45.8 Å². The number of rotatable bonds is 3. The van der Waals surface area contributed by atoms with Crippen LogP contribution in [0.25, 0.3) is 0 Å². The number of nitrogens with one attached hydrogen (secondary N) is 1. The van der Waals surface area contributed by atoms with Gasteiger partial charge in [-0.05, 0) is 34.1 Å². The second-order valence-electron chi connectivity index (χ2n) is 3.37. The Bertz CT molecular complexity index is 605. The Labute approximate surface area is 123 Å². The van der Waals surface area contributed by atoms with Crippen molar-refractivity contribution in [1.29, 1.82) is 0 Å². The summed E-state index contributed by atoms with van der Waals surface area (Å²) in [6.07, 6.45) is 3.10. The molecule has 0 fully saturated rings. The van der Waals surface area contributed by atoms with Crippen LogP contribution in [0.3, 0.4) is 0 Å². The molecule has 0 radical (unpaired) electrons. The van der Waals surface area contributed by atoms with Crippen LogP contribution in [0.5, 0.6) is 0 Å². The molecule has 0 aliphatic carbocycles. The summed E-state index contributed by atoms with van der Waals surface area (Å²) in [5.41, 5.74) is 6.84. The predicted molar refractivity (Wildman–Crippen MR) is 80.4 cm³/mol. The molecule has 4 nitrogen and oxygen atoms in total. The summed E-state index contributed by atoms with van der Waals surface area (Å²) < 4.78 is 0.814. The fraction of sp³-hybridized carbons (Fsp3) is 0. The molecule has 0 saturated carbocycles. The van der Waals surface area contributed by atoms with Gasteiger partial charge in [0.2, 0.25) is 0 Å². The van der Waals surface area contributed by atoms with E-state index in [1.165, 1.54) is 6.20 Å². The summed E-state index contributed by atoms with van der Waals surface area (Å²) in [5, 5.41) is 3.74. The van der Waals surface area contributed by atoms with Crippen molar-refractivity contribution in [2.24, 2.45) is 5.73 Å². The molecule has 0 spiro atoms. The van der Waals surface area contributed by atoms with E-state index in [0.717, 1.165) is 10.2 Å². The molecule has 0 bridgehead atoms. The first-order valence-electron chi connectivity index (χ1n) is 4.91. The van der Waals surface area contributed by atoms with Gasteiger partial charge in [-0.3, -0.25) is 0 Å². The number of halogens is 2. The Morgan fingerprint density at radius 1 is 1.33 bits per heavy atom. The maximum Gasteiger partial charge on any atom is 0.159 e. The van der Waals surface area contributed by atoms with Gasteiger partial charge in [0.05, 0.1) is 5.69 Å². The fourth-order valence-electron chi connectivity index (χ4n) is 1.33. The van der Waals surface area contributed by atoms with Crippen LogP contribution in [0.15, 0.2) is 35.1 Å². The molecule has 92 valence electrons. The van der Waals surface area contributed by atoms with Crippen LogP contribution in [0.2, 0.25) is 5.02 Å². The van der Waals surface area contributed by atoms with Gasteiger partial charge in [0.25, 0.3) is 0 Å². The van der Waals surface area contributed by atoms with Crippen molar-refractivity contribution in [3.63, 3.8) is 0 Å². The number of benzene rings is 1. The number of aromatic nitrogens is 2. The van der Waals surface area contributed by atoms with Crippen LogP contribution < -0.4 is 11.1 Å². The first kappa shape index (κ1) is 13.2. The molecular weight excluding hydrogens is 336 g/mol. The smallest absolute Gasteiger partial charge is 0.159 e. The van der Waals surface area contributed by atoms with E-state index in [0.29, 0.717) is 16.5 Å². The van der Waals surface area contributed by atoms with Gasteiger partial charge < -0.3 is 11.1 Å². The van der Waals surface area contributed by atoms with Gasteiger partial charge in [-0.1, -0.05) is 23.8 Å². The van der Waals surface area contributed by atoms with Gasteiger partial charge in [0.15, 0.2) is 5.82 Å². The average Bonchev–Trinajstić information content (AvgIpc) is 2.33. The summed E-state index contributed by atoms with van der Waals surface area (Å²) >= 11 is 14.2. The van der Waals surface area contributed by atoms with Crippen LogP contribution >= 0.6 is 39.7 Å². The minimum Gasteiger partial charge on any atom is -0.388 e. The number of hydrogen-bond donors (Lipinski definition) is 2. The normalized spacial score (nSPS) is 10.1. The minimum absolute atomic E-state index is 0.190.